The Morgan fingerprint density at radius 3 is 2.47 bits per heavy atom. The number of carboxylic acids is 1. The Balaban J connectivity index is 2.14. The SMILES string of the molecule is CC1CCC(CN)(C(=O)N2CCC[C@H]2C(=O)O)CC1. The maximum Gasteiger partial charge on any atom is 0.326 e. The van der Waals surface area contributed by atoms with Crippen LogP contribution in [0.5, 0.6) is 0 Å². The van der Waals surface area contributed by atoms with Crippen LogP contribution in [0.25, 0.3) is 0 Å². The minimum Gasteiger partial charge on any atom is -0.480 e. The average molecular weight is 268 g/mol. The van der Waals surface area contributed by atoms with Crippen molar-refractivity contribution in [3.8, 4) is 0 Å². The first-order chi connectivity index (χ1) is 9.00. The smallest absolute Gasteiger partial charge is 0.326 e. The van der Waals surface area contributed by atoms with E-state index in [4.69, 9.17) is 5.73 Å². The molecule has 5 nitrogen and oxygen atoms in total. The summed E-state index contributed by atoms with van der Waals surface area (Å²) in [5.74, 6) is -0.268. The molecule has 1 heterocycles. The van der Waals surface area contributed by atoms with E-state index in [0.717, 1.165) is 32.1 Å². The first kappa shape index (κ1) is 14.3. The fourth-order valence-electron chi connectivity index (χ4n) is 3.39. The number of amides is 1. The van der Waals surface area contributed by atoms with Crippen LogP contribution in [0.3, 0.4) is 0 Å². The molecule has 0 unspecified atom stereocenters. The minimum atomic E-state index is -0.887. The van der Waals surface area contributed by atoms with Gasteiger partial charge < -0.3 is 15.7 Å². The van der Waals surface area contributed by atoms with Gasteiger partial charge in [0.25, 0.3) is 0 Å². The van der Waals surface area contributed by atoms with Gasteiger partial charge >= 0.3 is 5.97 Å². The number of hydrogen-bond donors (Lipinski definition) is 2. The fourth-order valence-corrected chi connectivity index (χ4v) is 3.39. The molecule has 0 aromatic heterocycles. The Bertz CT molecular complexity index is 362. The molecule has 2 rings (SSSR count). The first-order valence-corrected chi connectivity index (χ1v) is 7.24. The number of carbonyl (C=O) groups is 2. The predicted molar refractivity (Wildman–Crippen MR) is 71.5 cm³/mol. The van der Waals surface area contributed by atoms with Crippen LogP contribution >= 0.6 is 0 Å². The summed E-state index contributed by atoms with van der Waals surface area (Å²) >= 11 is 0. The van der Waals surface area contributed by atoms with E-state index in [1.807, 2.05) is 0 Å². The first-order valence-electron chi connectivity index (χ1n) is 7.24. The number of carbonyl (C=O) groups excluding carboxylic acids is 1. The fraction of sp³-hybridized carbons (Fsp3) is 0.857. The van der Waals surface area contributed by atoms with Crippen molar-refractivity contribution in [1.82, 2.24) is 4.90 Å². The molecule has 3 N–H and O–H groups in total. The van der Waals surface area contributed by atoms with Gasteiger partial charge in [0.1, 0.15) is 6.04 Å². The monoisotopic (exact) mass is 268 g/mol. The second-order valence-corrected chi connectivity index (χ2v) is 6.16. The zero-order valence-corrected chi connectivity index (χ0v) is 11.6. The summed E-state index contributed by atoms with van der Waals surface area (Å²) in [6.07, 6.45) is 4.96. The summed E-state index contributed by atoms with van der Waals surface area (Å²) in [6, 6.07) is -0.643. The Kier molecular flexibility index (Phi) is 4.13. The van der Waals surface area contributed by atoms with Crippen molar-refractivity contribution >= 4 is 11.9 Å². The van der Waals surface area contributed by atoms with Crippen molar-refractivity contribution in [2.45, 2.75) is 51.5 Å². The Hall–Kier alpha value is -1.10. The van der Waals surface area contributed by atoms with Crippen LogP contribution in [0, 0.1) is 11.3 Å². The highest BCUT2D eigenvalue weighted by atomic mass is 16.4. The Morgan fingerprint density at radius 2 is 1.95 bits per heavy atom. The van der Waals surface area contributed by atoms with Crippen LogP contribution in [-0.2, 0) is 9.59 Å². The van der Waals surface area contributed by atoms with Gasteiger partial charge in [-0.1, -0.05) is 6.92 Å². The number of likely N-dealkylation sites (tertiary alicyclic amines) is 1. The van der Waals surface area contributed by atoms with Crippen molar-refractivity contribution in [1.29, 1.82) is 0 Å². The largest absolute Gasteiger partial charge is 0.480 e. The minimum absolute atomic E-state index is 0.0215. The van der Waals surface area contributed by atoms with E-state index in [0.29, 0.717) is 25.4 Å². The second-order valence-electron chi connectivity index (χ2n) is 6.16. The molecule has 108 valence electrons. The average Bonchev–Trinajstić information content (AvgIpc) is 2.88. The molecule has 1 amide bonds. The van der Waals surface area contributed by atoms with Gasteiger partial charge in [-0.05, 0) is 44.4 Å². The van der Waals surface area contributed by atoms with Gasteiger partial charge in [-0.15, -0.1) is 0 Å². The van der Waals surface area contributed by atoms with E-state index in [-0.39, 0.29) is 5.91 Å². The van der Waals surface area contributed by atoms with Gasteiger partial charge in [0.15, 0.2) is 0 Å². The molecule has 19 heavy (non-hydrogen) atoms. The number of rotatable bonds is 3. The van der Waals surface area contributed by atoms with E-state index < -0.39 is 17.4 Å². The van der Waals surface area contributed by atoms with Gasteiger partial charge in [-0.25, -0.2) is 4.79 Å². The maximum atomic E-state index is 12.8. The van der Waals surface area contributed by atoms with E-state index in [9.17, 15) is 14.7 Å². The summed E-state index contributed by atoms with van der Waals surface area (Å²) in [6.45, 7) is 3.09. The molecule has 1 atom stereocenters. The van der Waals surface area contributed by atoms with Crippen molar-refractivity contribution in [3.63, 3.8) is 0 Å². The lowest BCUT2D eigenvalue weighted by Gasteiger charge is -2.40. The lowest BCUT2D eigenvalue weighted by atomic mass is 9.70. The molecule has 5 heteroatoms. The summed E-state index contributed by atoms with van der Waals surface area (Å²) in [5.41, 5.74) is 5.37. The lowest BCUT2D eigenvalue weighted by Crippen LogP contribution is -2.52. The Labute approximate surface area is 114 Å². The van der Waals surface area contributed by atoms with E-state index in [1.165, 1.54) is 0 Å². The van der Waals surface area contributed by atoms with Gasteiger partial charge in [-0.3, -0.25) is 4.79 Å². The lowest BCUT2D eigenvalue weighted by molar-refractivity contribution is -0.154. The number of nitrogens with zero attached hydrogens (tertiary/aromatic N) is 1. The van der Waals surface area contributed by atoms with Crippen LogP contribution in [0.2, 0.25) is 0 Å². The third kappa shape index (κ3) is 2.61. The molecule has 0 radical (unpaired) electrons. The number of nitrogens with two attached hydrogens (primary N) is 1. The summed E-state index contributed by atoms with van der Waals surface area (Å²) in [4.78, 5) is 25.5. The molecule has 0 aromatic carbocycles. The van der Waals surface area contributed by atoms with E-state index in [1.54, 1.807) is 4.90 Å². The predicted octanol–water partition coefficient (Wildman–Crippen LogP) is 1.22. The molecule has 0 bridgehead atoms. The van der Waals surface area contributed by atoms with Crippen LogP contribution < -0.4 is 5.73 Å². The molecular formula is C14H24N2O3. The number of hydrogen-bond acceptors (Lipinski definition) is 3. The van der Waals surface area contributed by atoms with Crippen molar-refractivity contribution in [3.05, 3.63) is 0 Å². The molecule has 1 aliphatic carbocycles. The van der Waals surface area contributed by atoms with Gasteiger partial charge in [0, 0.05) is 13.1 Å². The van der Waals surface area contributed by atoms with Crippen molar-refractivity contribution < 1.29 is 14.7 Å². The zero-order valence-electron chi connectivity index (χ0n) is 11.6. The van der Waals surface area contributed by atoms with Gasteiger partial charge in [-0.2, -0.15) is 0 Å². The zero-order chi connectivity index (χ0) is 14.0. The highest BCUT2D eigenvalue weighted by Crippen LogP contribution is 2.40. The normalized spacial score (nSPS) is 35.4. The van der Waals surface area contributed by atoms with E-state index in [2.05, 4.69) is 6.92 Å². The standard InChI is InChI=1S/C14H24N2O3/c1-10-4-6-14(9-15,7-5-10)13(19)16-8-2-3-11(16)12(17)18/h10-11H,2-9,15H2,1H3,(H,17,18)/t10?,11-,14?/m0/s1. The van der Waals surface area contributed by atoms with Crippen molar-refractivity contribution in [2.24, 2.45) is 17.1 Å². The van der Waals surface area contributed by atoms with Crippen LogP contribution in [0.15, 0.2) is 0 Å². The molecule has 1 aliphatic heterocycles. The molecule has 1 saturated heterocycles. The molecule has 1 saturated carbocycles. The van der Waals surface area contributed by atoms with Crippen LogP contribution in [0.4, 0.5) is 0 Å². The number of aliphatic carboxylic acids is 1. The highest BCUT2D eigenvalue weighted by Gasteiger charge is 2.46. The van der Waals surface area contributed by atoms with Crippen molar-refractivity contribution in [2.75, 3.05) is 13.1 Å². The summed E-state index contributed by atoms with van der Waals surface area (Å²) < 4.78 is 0. The van der Waals surface area contributed by atoms with Gasteiger partial charge in [0.2, 0.25) is 5.91 Å². The molecular weight excluding hydrogens is 244 g/mol. The van der Waals surface area contributed by atoms with Crippen LogP contribution in [-0.4, -0.2) is 41.0 Å². The third-order valence-electron chi connectivity index (χ3n) is 4.87. The number of carboxylic acid groups (broad SMARTS) is 1. The topological polar surface area (TPSA) is 83.6 Å². The third-order valence-corrected chi connectivity index (χ3v) is 4.87. The summed E-state index contributed by atoms with van der Waals surface area (Å²) in [5, 5.41) is 9.20. The molecule has 0 spiro atoms. The van der Waals surface area contributed by atoms with E-state index >= 15 is 0 Å². The van der Waals surface area contributed by atoms with Crippen LogP contribution in [0.1, 0.15) is 45.4 Å². The Morgan fingerprint density at radius 1 is 1.32 bits per heavy atom. The second kappa shape index (κ2) is 5.49. The summed E-state index contributed by atoms with van der Waals surface area (Å²) in [7, 11) is 0. The molecule has 0 aromatic rings. The molecule has 2 aliphatic rings. The quantitative estimate of drug-likeness (QED) is 0.806. The van der Waals surface area contributed by atoms with Gasteiger partial charge in [0.05, 0.1) is 5.41 Å². The molecule has 2 fully saturated rings. The maximum absolute atomic E-state index is 12.8. The highest BCUT2D eigenvalue weighted by molar-refractivity contribution is 5.88.